The molecule has 1 atom stereocenters. The second kappa shape index (κ2) is 4.33. The average molecular weight is 215 g/mol. The van der Waals surface area contributed by atoms with Gasteiger partial charge in [-0.2, -0.15) is 0 Å². The van der Waals surface area contributed by atoms with E-state index in [0.717, 1.165) is 5.56 Å². The van der Waals surface area contributed by atoms with Crippen LogP contribution in [-0.4, -0.2) is 17.2 Å². The lowest BCUT2D eigenvalue weighted by molar-refractivity contribution is -0.144. The maximum absolute atomic E-state index is 10.5. The molecule has 76 valence electrons. The second-order valence-corrected chi connectivity index (χ2v) is 3.37. The summed E-state index contributed by atoms with van der Waals surface area (Å²) in [6.45, 7) is 3.26. The highest BCUT2D eigenvalue weighted by atomic mass is 35.5. The van der Waals surface area contributed by atoms with Crippen LogP contribution in [0, 0.1) is 6.92 Å². The molecule has 0 aliphatic carbocycles. The molecule has 0 saturated heterocycles. The number of ether oxygens (including phenoxy) is 1. The quantitative estimate of drug-likeness (QED) is 0.841. The summed E-state index contributed by atoms with van der Waals surface area (Å²) < 4.78 is 5.20. The molecule has 3 nitrogen and oxygen atoms in total. The Morgan fingerprint density at radius 1 is 1.57 bits per heavy atom. The Balaban J connectivity index is 2.87. The number of carboxylic acids is 1. The zero-order chi connectivity index (χ0) is 10.7. The minimum atomic E-state index is -0.996. The van der Waals surface area contributed by atoms with E-state index in [0.29, 0.717) is 10.8 Å². The highest BCUT2D eigenvalue weighted by Gasteiger charge is 2.14. The van der Waals surface area contributed by atoms with Crippen molar-refractivity contribution in [2.24, 2.45) is 0 Å². The minimum Gasteiger partial charge on any atom is -0.479 e. The van der Waals surface area contributed by atoms with Crippen molar-refractivity contribution >= 4 is 17.6 Å². The van der Waals surface area contributed by atoms with Gasteiger partial charge in [-0.1, -0.05) is 17.7 Å². The maximum atomic E-state index is 10.5. The largest absolute Gasteiger partial charge is 0.479 e. The zero-order valence-electron chi connectivity index (χ0n) is 7.95. The molecule has 0 bridgehead atoms. The zero-order valence-corrected chi connectivity index (χ0v) is 8.71. The first-order chi connectivity index (χ1) is 6.52. The van der Waals surface area contributed by atoms with Gasteiger partial charge in [-0.05, 0) is 26.0 Å². The third kappa shape index (κ3) is 2.39. The fourth-order valence-electron chi connectivity index (χ4n) is 0.956. The predicted molar refractivity (Wildman–Crippen MR) is 53.9 cm³/mol. The summed E-state index contributed by atoms with van der Waals surface area (Å²) in [5.41, 5.74) is 0.752. The first kappa shape index (κ1) is 10.9. The highest BCUT2D eigenvalue weighted by Crippen LogP contribution is 2.25. The van der Waals surface area contributed by atoms with Crippen LogP contribution < -0.4 is 4.74 Å². The molecule has 0 aromatic heterocycles. The van der Waals surface area contributed by atoms with Crippen LogP contribution in [0.1, 0.15) is 12.5 Å². The van der Waals surface area contributed by atoms with E-state index in [4.69, 9.17) is 21.4 Å². The van der Waals surface area contributed by atoms with E-state index < -0.39 is 12.1 Å². The van der Waals surface area contributed by atoms with Crippen LogP contribution >= 0.6 is 11.6 Å². The molecule has 0 fully saturated rings. The first-order valence-electron chi connectivity index (χ1n) is 4.17. The van der Waals surface area contributed by atoms with Gasteiger partial charge in [0.1, 0.15) is 5.75 Å². The number of hydrogen-bond acceptors (Lipinski definition) is 2. The van der Waals surface area contributed by atoms with Gasteiger partial charge in [0.2, 0.25) is 0 Å². The summed E-state index contributed by atoms with van der Waals surface area (Å²) in [6.07, 6.45) is -0.868. The van der Waals surface area contributed by atoms with Crippen molar-refractivity contribution in [1.29, 1.82) is 0 Å². The van der Waals surface area contributed by atoms with Crippen LogP contribution in [0.5, 0.6) is 5.75 Å². The number of benzene rings is 1. The fourth-order valence-corrected chi connectivity index (χ4v) is 1.12. The SMILES string of the molecule is Cc1c(Cl)cccc1O[C@H](C)C(=O)O. The molecule has 0 radical (unpaired) electrons. The molecule has 0 unspecified atom stereocenters. The van der Waals surface area contributed by atoms with Crippen LogP contribution in [-0.2, 0) is 4.79 Å². The number of carboxylic acid groups (broad SMARTS) is 1. The third-order valence-electron chi connectivity index (χ3n) is 1.87. The summed E-state index contributed by atoms with van der Waals surface area (Å²) in [5, 5.41) is 9.22. The van der Waals surface area contributed by atoms with Gasteiger partial charge in [-0.3, -0.25) is 0 Å². The van der Waals surface area contributed by atoms with Crippen molar-refractivity contribution in [2.75, 3.05) is 0 Å². The topological polar surface area (TPSA) is 46.5 Å². The molecule has 0 aliphatic heterocycles. The van der Waals surface area contributed by atoms with Gasteiger partial charge in [-0.25, -0.2) is 4.79 Å². The van der Waals surface area contributed by atoms with Crippen LogP contribution in [0.3, 0.4) is 0 Å². The van der Waals surface area contributed by atoms with Gasteiger partial charge in [0, 0.05) is 10.6 Å². The Labute approximate surface area is 87.3 Å². The van der Waals surface area contributed by atoms with Crippen LogP contribution in [0.15, 0.2) is 18.2 Å². The van der Waals surface area contributed by atoms with E-state index >= 15 is 0 Å². The van der Waals surface area contributed by atoms with E-state index in [-0.39, 0.29) is 0 Å². The van der Waals surface area contributed by atoms with Crippen molar-refractivity contribution in [3.8, 4) is 5.75 Å². The molecular weight excluding hydrogens is 204 g/mol. The molecule has 0 amide bonds. The summed E-state index contributed by atoms with van der Waals surface area (Å²) in [6, 6.07) is 5.15. The average Bonchev–Trinajstić information content (AvgIpc) is 2.12. The number of carbonyl (C=O) groups is 1. The second-order valence-electron chi connectivity index (χ2n) is 2.96. The lowest BCUT2D eigenvalue weighted by atomic mass is 10.2. The highest BCUT2D eigenvalue weighted by molar-refractivity contribution is 6.31. The van der Waals surface area contributed by atoms with Gasteiger partial charge in [-0.15, -0.1) is 0 Å². The Bertz CT molecular complexity index is 349. The maximum Gasteiger partial charge on any atom is 0.344 e. The summed E-state index contributed by atoms with van der Waals surface area (Å²) >= 11 is 5.85. The van der Waals surface area contributed by atoms with E-state index in [2.05, 4.69) is 0 Å². The Kier molecular flexibility index (Phi) is 3.36. The molecule has 1 rings (SSSR count). The lowest BCUT2D eigenvalue weighted by Crippen LogP contribution is -2.23. The molecule has 14 heavy (non-hydrogen) atoms. The van der Waals surface area contributed by atoms with Crippen molar-refractivity contribution in [1.82, 2.24) is 0 Å². The summed E-state index contributed by atoms with van der Waals surface area (Å²) in [7, 11) is 0. The number of aliphatic carboxylic acids is 1. The third-order valence-corrected chi connectivity index (χ3v) is 2.28. The minimum absolute atomic E-state index is 0.507. The van der Waals surface area contributed by atoms with Crippen LogP contribution in [0.4, 0.5) is 0 Å². The molecular formula is C10H11ClO3. The number of hydrogen-bond donors (Lipinski definition) is 1. The number of halogens is 1. The molecule has 4 heteroatoms. The number of rotatable bonds is 3. The van der Waals surface area contributed by atoms with Gasteiger partial charge >= 0.3 is 5.97 Å². The van der Waals surface area contributed by atoms with E-state index in [1.165, 1.54) is 6.92 Å². The van der Waals surface area contributed by atoms with Crippen molar-refractivity contribution < 1.29 is 14.6 Å². The fraction of sp³-hybridized carbons (Fsp3) is 0.300. The molecule has 0 aliphatic rings. The van der Waals surface area contributed by atoms with Gasteiger partial charge in [0.05, 0.1) is 0 Å². The predicted octanol–water partition coefficient (Wildman–Crippen LogP) is 2.50. The standard InChI is InChI=1S/C10H11ClO3/c1-6-8(11)4-3-5-9(6)14-7(2)10(12)13/h3-5,7H,1-2H3,(H,12,13)/t7-/m1/s1. The monoisotopic (exact) mass is 214 g/mol. The molecule has 1 aromatic rings. The van der Waals surface area contributed by atoms with Gasteiger partial charge < -0.3 is 9.84 Å². The lowest BCUT2D eigenvalue weighted by Gasteiger charge is -2.12. The van der Waals surface area contributed by atoms with E-state index in [1.54, 1.807) is 25.1 Å². The van der Waals surface area contributed by atoms with E-state index in [1.807, 2.05) is 0 Å². The normalized spacial score (nSPS) is 12.2. The molecule has 0 heterocycles. The van der Waals surface area contributed by atoms with Crippen LogP contribution in [0.2, 0.25) is 5.02 Å². The molecule has 1 N–H and O–H groups in total. The Hall–Kier alpha value is -1.22. The van der Waals surface area contributed by atoms with E-state index in [9.17, 15) is 4.79 Å². The van der Waals surface area contributed by atoms with Crippen LogP contribution in [0.25, 0.3) is 0 Å². The van der Waals surface area contributed by atoms with Crippen molar-refractivity contribution in [3.63, 3.8) is 0 Å². The smallest absolute Gasteiger partial charge is 0.344 e. The Morgan fingerprint density at radius 3 is 2.79 bits per heavy atom. The molecule has 0 saturated carbocycles. The Morgan fingerprint density at radius 2 is 2.21 bits per heavy atom. The molecule has 0 spiro atoms. The summed E-state index contributed by atoms with van der Waals surface area (Å²) in [5.74, 6) is -0.489. The first-order valence-corrected chi connectivity index (χ1v) is 4.54. The van der Waals surface area contributed by atoms with Gasteiger partial charge in [0.25, 0.3) is 0 Å². The van der Waals surface area contributed by atoms with Gasteiger partial charge in [0.15, 0.2) is 6.10 Å². The molecule has 1 aromatic carbocycles. The summed E-state index contributed by atoms with van der Waals surface area (Å²) in [4.78, 5) is 10.5. The van der Waals surface area contributed by atoms with Crippen molar-refractivity contribution in [3.05, 3.63) is 28.8 Å². The van der Waals surface area contributed by atoms with Crippen molar-refractivity contribution in [2.45, 2.75) is 20.0 Å².